The maximum absolute atomic E-state index is 12.6. The second-order valence-electron chi connectivity index (χ2n) is 7.66. The molecule has 0 fully saturated rings. The molecule has 0 saturated heterocycles. The molecule has 0 aliphatic rings. The molecule has 0 radical (unpaired) electrons. The standard InChI is InChI=1S/C21H18Cl2N4OS/c1-21(2,3)13-6-4-12(5-7-13)18(28)24-19-25-20-27(26-19)17(11-29-20)15-10-14(22)8-9-16(15)23/h4-11H,1-3H3,(H,24,26,28). The number of rotatable bonds is 3. The Balaban J connectivity index is 1.60. The maximum Gasteiger partial charge on any atom is 0.258 e. The Labute approximate surface area is 182 Å². The first kappa shape index (κ1) is 19.9. The molecule has 0 bridgehead atoms. The lowest BCUT2D eigenvalue weighted by atomic mass is 9.87. The summed E-state index contributed by atoms with van der Waals surface area (Å²) in [6, 6.07) is 12.8. The van der Waals surface area contributed by atoms with Crippen molar-refractivity contribution in [3.8, 4) is 11.3 Å². The van der Waals surface area contributed by atoms with Crippen molar-refractivity contribution < 1.29 is 4.79 Å². The molecule has 0 atom stereocenters. The third kappa shape index (κ3) is 4.01. The van der Waals surface area contributed by atoms with E-state index in [1.807, 2.05) is 29.6 Å². The van der Waals surface area contributed by atoms with Gasteiger partial charge < -0.3 is 0 Å². The number of halogens is 2. The minimum atomic E-state index is -0.258. The fraction of sp³-hybridized carbons (Fsp3) is 0.190. The van der Waals surface area contributed by atoms with E-state index in [4.69, 9.17) is 23.2 Å². The second kappa shape index (κ2) is 7.44. The topological polar surface area (TPSA) is 59.3 Å². The van der Waals surface area contributed by atoms with Crippen molar-refractivity contribution in [2.75, 3.05) is 5.32 Å². The van der Waals surface area contributed by atoms with Gasteiger partial charge in [-0.25, -0.2) is 4.52 Å². The summed E-state index contributed by atoms with van der Waals surface area (Å²) in [5.41, 5.74) is 3.26. The third-order valence-electron chi connectivity index (χ3n) is 4.52. The predicted molar refractivity (Wildman–Crippen MR) is 119 cm³/mol. The Morgan fingerprint density at radius 3 is 2.52 bits per heavy atom. The molecule has 2 heterocycles. The third-order valence-corrected chi connectivity index (χ3v) is 5.91. The van der Waals surface area contributed by atoms with Crippen molar-refractivity contribution in [3.63, 3.8) is 0 Å². The lowest BCUT2D eigenvalue weighted by Gasteiger charge is -2.18. The van der Waals surface area contributed by atoms with Gasteiger partial charge in [0.05, 0.1) is 10.7 Å². The molecule has 5 nitrogen and oxygen atoms in total. The van der Waals surface area contributed by atoms with E-state index in [0.717, 1.165) is 16.8 Å². The first-order valence-corrected chi connectivity index (χ1v) is 10.6. The molecule has 0 aliphatic carbocycles. The smallest absolute Gasteiger partial charge is 0.258 e. The van der Waals surface area contributed by atoms with Crippen LogP contribution < -0.4 is 5.32 Å². The summed E-state index contributed by atoms with van der Waals surface area (Å²) in [4.78, 5) is 17.6. The molecule has 148 valence electrons. The number of aromatic nitrogens is 3. The Morgan fingerprint density at radius 1 is 1.10 bits per heavy atom. The molecule has 0 aliphatic heterocycles. The number of anilines is 1. The van der Waals surface area contributed by atoms with E-state index >= 15 is 0 Å². The maximum atomic E-state index is 12.6. The minimum absolute atomic E-state index is 0.0306. The van der Waals surface area contributed by atoms with E-state index in [9.17, 15) is 4.79 Å². The van der Waals surface area contributed by atoms with Crippen LogP contribution in [0.2, 0.25) is 10.0 Å². The van der Waals surface area contributed by atoms with Crippen molar-refractivity contribution >= 4 is 51.4 Å². The van der Waals surface area contributed by atoms with Gasteiger partial charge in [0.1, 0.15) is 0 Å². The number of thiazole rings is 1. The quantitative estimate of drug-likeness (QED) is 0.402. The van der Waals surface area contributed by atoms with Crippen LogP contribution in [0.3, 0.4) is 0 Å². The van der Waals surface area contributed by atoms with E-state index in [0.29, 0.717) is 20.6 Å². The molecule has 2 aromatic heterocycles. The van der Waals surface area contributed by atoms with Crippen LogP contribution in [-0.4, -0.2) is 20.5 Å². The zero-order valence-electron chi connectivity index (χ0n) is 16.0. The Kier molecular flexibility index (Phi) is 5.11. The number of benzene rings is 2. The van der Waals surface area contributed by atoms with Crippen LogP contribution in [0.5, 0.6) is 0 Å². The molecule has 0 unspecified atom stereocenters. The summed E-state index contributed by atoms with van der Waals surface area (Å²) >= 11 is 13.8. The highest BCUT2D eigenvalue weighted by Gasteiger charge is 2.17. The van der Waals surface area contributed by atoms with Crippen LogP contribution in [0.4, 0.5) is 5.95 Å². The highest BCUT2D eigenvalue weighted by molar-refractivity contribution is 7.15. The first-order chi connectivity index (χ1) is 13.7. The van der Waals surface area contributed by atoms with Gasteiger partial charge in [0.15, 0.2) is 0 Å². The molecule has 1 amide bonds. The van der Waals surface area contributed by atoms with Crippen LogP contribution >= 0.6 is 34.5 Å². The van der Waals surface area contributed by atoms with Gasteiger partial charge >= 0.3 is 0 Å². The zero-order chi connectivity index (χ0) is 20.8. The average molecular weight is 445 g/mol. The van der Waals surface area contributed by atoms with Crippen LogP contribution in [-0.2, 0) is 5.41 Å². The molecule has 4 aromatic rings. The SMILES string of the molecule is CC(C)(C)c1ccc(C(=O)Nc2nc3scc(-c4cc(Cl)ccc4Cl)n3n2)cc1. The number of amides is 1. The normalized spacial score (nSPS) is 11.8. The predicted octanol–water partition coefficient (Wildman–Crippen LogP) is 6.31. The van der Waals surface area contributed by atoms with Crippen molar-refractivity contribution in [2.24, 2.45) is 0 Å². The van der Waals surface area contributed by atoms with Crippen molar-refractivity contribution in [2.45, 2.75) is 26.2 Å². The molecule has 29 heavy (non-hydrogen) atoms. The summed E-state index contributed by atoms with van der Waals surface area (Å²) in [7, 11) is 0. The van der Waals surface area contributed by atoms with Gasteiger partial charge in [0.25, 0.3) is 11.9 Å². The zero-order valence-corrected chi connectivity index (χ0v) is 18.4. The number of fused-ring (bicyclic) bond motifs is 1. The van der Waals surface area contributed by atoms with Gasteiger partial charge in [-0.15, -0.1) is 16.4 Å². The fourth-order valence-corrected chi connectivity index (χ4v) is 4.12. The first-order valence-electron chi connectivity index (χ1n) is 8.94. The highest BCUT2D eigenvalue weighted by atomic mass is 35.5. The van der Waals surface area contributed by atoms with E-state index in [1.165, 1.54) is 11.3 Å². The van der Waals surface area contributed by atoms with E-state index in [1.54, 1.807) is 22.7 Å². The van der Waals surface area contributed by atoms with Crippen molar-refractivity contribution in [1.29, 1.82) is 0 Å². The van der Waals surface area contributed by atoms with E-state index in [2.05, 4.69) is 36.2 Å². The number of carbonyl (C=O) groups excluding carboxylic acids is 1. The summed E-state index contributed by atoms with van der Waals surface area (Å²) in [5.74, 6) is -0.0211. The van der Waals surface area contributed by atoms with Crippen molar-refractivity contribution in [3.05, 3.63) is 69.0 Å². The van der Waals surface area contributed by atoms with Crippen LogP contribution in [0.25, 0.3) is 16.2 Å². The molecule has 8 heteroatoms. The number of carbonyl (C=O) groups is 1. The number of hydrogen-bond acceptors (Lipinski definition) is 4. The molecular weight excluding hydrogens is 427 g/mol. The molecule has 0 spiro atoms. The van der Waals surface area contributed by atoms with Crippen molar-refractivity contribution in [1.82, 2.24) is 14.6 Å². The monoisotopic (exact) mass is 444 g/mol. The summed E-state index contributed by atoms with van der Waals surface area (Å²) in [5, 5.41) is 10.2. The lowest BCUT2D eigenvalue weighted by molar-refractivity contribution is 0.102. The lowest BCUT2D eigenvalue weighted by Crippen LogP contribution is -2.15. The van der Waals surface area contributed by atoms with Gasteiger partial charge in [-0.2, -0.15) is 4.98 Å². The molecule has 2 aromatic carbocycles. The number of hydrogen-bond donors (Lipinski definition) is 1. The second-order valence-corrected chi connectivity index (χ2v) is 9.34. The summed E-state index contributed by atoms with van der Waals surface area (Å²) < 4.78 is 1.65. The Morgan fingerprint density at radius 2 is 1.83 bits per heavy atom. The van der Waals surface area contributed by atoms with Gasteiger partial charge in [-0.1, -0.05) is 56.1 Å². The van der Waals surface area contributed by atoms with Crippen LogP contribution in [0.15, 0.2) is 47.8 Å². The van der Waals surface area contributed by atoms with Crippen LogP contribution in [0.1, 0.15) is 36.7 Å². The molecule has 0 saturated carbocycles. The fourth-order valence-electron chi connectivity index (χ4n) is 2.91. The molecule has 4 rings (SSSR count). The Bertz CT molecular complexity index is 1210. The largest absolute Gasteiger partial charge is 0.289 e. The average Bonchev–Trinajstić information content (AvgIpc) is 3.23. The van der Waals surface area contributed by atoms with Gasteiger partial charge in [-0.05, 0) is 41.3 Å². The molecule has 1 N–H and O–H groups in total. The Hall–Kier alpha value is -2.41. The summed E-state index contributed by atoms with van der Waals surface area (Å²) in [6.45, 7) is 6.40. The number of nitrogens with one attached hydrogen (secondary N) is 1. The van der Waals surface area contributed by atoms with E-state index in [-0.39, 0.29) is 17.3 Å². The minimum Gasteiger partial charge on any atom is -0.289 e. The van der Waals surface area contributed by atoms with E-state index < -0.39 is 0 Å². The van der Waals surface area contributed by atoms with Gasteiger partial charge in [0.2, 0.25) is 4.96 Å². The summed E-state index contributed by atoms with van der Waals surface area (Å²) in [6.07, 6.45) is 0. The van der Waals surface area contributed by atoms with Gasteiger partial charge in [-0.3, -0.25) is 10.1 Å². The number of nitrogens with zero attached hydrogens (tertiary/aromatic N) is 3. The van der Waals surface area contributed by atoms with Gasteiger partial charge in [0, 0.05) is 21.5 Å². The molecular formula is C21H18Cl2N4OS. The highest BCUT2D eigenvalue weighted by Crippen LogP contribution is 2.33. The van der Waals surface area contributed by atoms with Crippen LogP contribution in [0, 0.1) is 0 Å².